The number of esters is 1. The molecule has 0 amide bonds. The van der Waals surface area contributed by atoms with Gasteiger partial charge in [0.15, 0.2) is 6.10 Å². The highest BCUT2D eigenvalue weighted by molar-refractivity contribution is 5.87. The number of aliphatic hydroxyl groups excluding tert-OH is 3. The number of rotatable bonds is 8. The number of phenols is 3. The summed E-state index contributed by atoms with van der Waals surface area (Å²) in [5.74, 6) is -0.708. The Bertz CT molecular complexity index is 1320. The number of hydrogen-bond donors (Lipinski definition) is 6. The Balaban J connectivity index is 1.52. The largest absolute Gasteiger partial charge is 0.508 e. The maximum absolute atomic E-state index is 12.5. The molecule has 5 atom stereocenters. The third-order valence-corrected chi connectivity index (χ3v) is 5.91. The molecule has 0 radical (unpaired) electrons. The van der Waals surface area contributed by atoms with E-state index in [1.165, 1.54) is 42.5 Å². The summed E-state index contributed by atoms with van der Waals surface area (Å²) in [5, 5.41) is 59.6. The maximum Gasteiger partial charge on any atom is 0.331 e. The van der Waals surface area contributed by atoms with E-state index in [2.05, 4.69) is 0 Å². The summed E-state index contributed by atoms with van der Waals surface area (Å²) in [6, 6.07) is 16.9. The van der Waals surface area contributed by atoms with Crippen molar-refractivity contribution in [3.8, 4) is 23.0 Å². The van der Waals surface area contributed by atoms with Crippen LogP contribution in [-0.4, -0.2) is 73.9 Å². The number of hydrogen-bond acceptors (Lipinski definition) is 10. The second-order valence-electron chi connectivity index (χ2n) is 8.84. The van der Waals surface area contributed by atoms with E-state index in [4.69, 9.17) is 14.2 Å². The van der Waals surface area contributed by atoms with Gasteiger partial charge in [0.2, 0.25) is 6.29 Å². The zero-order valence-electron chi connectivity index (χ0n) is 20.6. The normalized spacial score (nSPS) is 23.2. The van der Waals surface area contributed by atoms with E-state index in [1.807, 2.05) is 0 Å². The van der Waals surface area contributed by atoms with Crippen LogP contribution in [0, 0.1) is 0 Å². The van der Waals surface area contributed by atoms with Crippen LogP contribution in [0.4, 0.5) is 0 Å². The van der Waals surface area contributed by atoms with Crippen molar-refractivity contribution in [3.05, 3.63) is 89.5 Å². The van der Waals surface area contributed by atoms with Crippen molar-refractivity contribution in [2.75, 3.05) is 6.61 Å². The molecule has 0 aromatic heterocycles. The number of carbonyl (C=O) groups is 1. The van der Waals surface area contributed by atoms with E-state index in [1.54, 1.807) is 42.5 Å². The average molecular weight is 537 g/mol. The van der Waals surface area contributed by atoms with Gasteiger partial charge >= 0.3 is 5.97 Å². The second-order valence-corrected chi connectivity index (χ2v) is 8.84. The molecule has 1 fully saturated rings. The number of aliphatic hydroxyl groups is 3. The predicted molar refractivity (Wildman–Crippen MR) is 141 cm³/mol. The highest BCUT2D eigenvalue weighted by Gasteiger charge is 2.47. The van der Waals surface area contributed by atoms with Crippen LogP contribution in [0.5, 0.6) is 23.0 Å². The lowest BCUT2D eigenvalue weighted by Gasteiger charge is -2.41. The molecule has 1 heterocycles. The fraction of sp³-hybridized carbons (Fsp3) is 0.207. The molecule has 0 saturated carbocycles. The Morgan fingerprint density at radius 2 is 1.36 bits per heavy atom. The molecule has 0 unspecified atom stereocenters. The lowest BCUT2D eigenvalue weighted by Crippen LogP contribution is -2.61. The molecule has 10 heteroatoms. The monoisotopic (exact) mass is 536 g/mol. The summed E-state index contributed by atoms with van der Waals surface area (Å²) >= 11 is 0. The first-order valence-corrected chi connectivity index (χ1v) is 12.0. The molecule has 6 N–H and O–H groups in total. The van der Waals surface area contributed by atoms with E-state index in [0.29, 0.717) is 11.1 Å². The molecule has 4 rings (SSSR count). The van der Waals surface area contributed by atoms with Gasteiger partial charge in [0.25, 0.3) is 0 Å². The lowest BCUT2D eigenvalue weighted by atomic mass is 9.99. The number of benzene rings is 3. The fourth-order valence-corrected chi connectivity index (χ4v) is 3.88. The molecule has 1 aliphatic rings. The predicted octanol–water partition coefficient (Wildman–Crippen LogP) is 2.42. The van der Waals surface area contributed by atoms with E-state index in [-0.39, 0.29) is 23.0 Å². The zero-order chi connectivity index (χ0) is 27.9. The van der Waals surface area contributed by atoms with Gasteiger partial charge in [-0.3, -0.25) is 0 Å². The van der Waals surface area contributed by atoms with Crippen molar-refractivity contribution < 1.29 is 49.6 Å². The summed E-state index contributed by atoms with van der Waals surface area (Å²) in [6.45, 7) is -0.639. The standard InChI is InChI=1S/C29H28O10/c30-16-24-26(35)27(36)28(39-25(34)12-7-18-5-10-21(32)11-6-18)29(38-24)37-23-14-19(13-22(33)15-23)2-1-17-3-8-20(31)9-4-17/h1-15,24,26-33,35-36H,16H2/b2-1+,12-7+/t24-,26-,27+,28-,29-/m0/s1. The van der Waals surface area contributed by atoms with E-state index in [0.717, 1.165) is 11.6 Å². The summed E-state index contributed by atoms with van der Waals surface area (Å²) in [6.07, 6.45) is -1.40. The summed E-state index contributed by atoms with van der Waals surface area (Å²) < 4.78 is 16.8. The van der Waals surface area contributed by atoms with Gasteiger partial charge in [0, 0.05) is 12.1 Å². The average Bonchev–Trinajstić information content (AvgIpc) is 2.92. The summed E-state index contributed by atoms with van der Waals surface area (Å²) in [7, 11) is 0. The molecule has 39 heavy (non-hydrogen) atoms. The van der Waals surface area contributed by atoms with Crippen LogP contribution in [0.25, 0.3) is 18.2 Å². The Morgan fingerprint density at radius 1 is 0.769 bits per heavy atom. The third-order valence-electron chi connectivity index (χ3n) is 5.91. The van der Waals surface area contributed by atoms with Crippen LogP contribution in [0.15, 0.2) is 72.8 Å². The minimum Gasteiger partial charge on any atom is -0.508 e. The smallest absolute Gasteiger partial charge is 0.331 e. The molecule has 3 aromatic carbocycles. The Kier molecular flexibility index (Phi) is 8.84. The first-order valence-electron chi connectivity index (χ1n) is 12.0. The van der Waals surface area contributed by atoms with Crippen molar-refractivity contribution in [2.24, 2.45) is 0 Å². The zero-order valence-corrected chi connectivity index (χ0v) is 20.6. The number of phenolic OH excluding ortho intramolecular Hbond substituents is 3. The highest BCUT2D eigenvalue weighted by atomic mass is 16.7. The minimum absolute atomic E-state index is 0.0653. The van der Waals surface area contributed by atoms with Gasteiger partial charge in [0.1, 0.15) is 41.3 Å². The third kappa shape index (κ3) is 7.37. The van der Waals surface area contributed by atoms with Gasteiger partial charge < -0.3 is 44.8 Å². The van der Waals surface area contributed by atoms with Crippen molar-refractivity contribution in [1.82, 2.24) is 0 Å². The van der Waals surface area contributed by atoms with Crippen LogP contribution < -0.4 is 4.74 Å². The van der Waals surface area contributed by atoms with Gasteiger partial charge in [-0.1, -0.05) is 36.4 Å². The number of aromatic hydroxyl groups is 3. The van der Waals surface area contributed by atoms with Gasteiger partial charge in [-0.25, -0.2) is 4.79 Å². The molecule has 0 spiro atoms. The van der Waals surface area contributed by atoms with Crippen LogP contribution in [0.1, 0.15) is 16.7 Å². The van der Waals surface area contributed by atoms with Crippen molar-refractivity contribution in [1.29, 1.82) is 0 Å². The molecule has 0 bridgehead atoms. The summed E-state index contributed by atoms with van der Waals surface area (Å²) in [5.41, 5.74) is 1.94. The minimum atomic E-state index is -1.65. The van der Waals surface area contributed by atoms with Crippen molar-refractivity contribution in [3.63, 3.8) is 0 Å². The first kappa shape index (κ1) is 27.7. The second kappa shape index (κ2) is 12.5. The first-order chi connectivity index (χ1) is 18.7. The van der Waals surface area contributed by atoms with Gasteiger partial charge in [0.05, 0.1) is 6.61 Å². The van der Waals surface area contributed by atoms with E-state index >= 15 is 0 Å². The molecule has 1 saturated heterocycles. The Hall–Kier alpha value is -4.35. The van der Waals surface area contributed by atoms with Crippen LogP contribution in [0.3, 0.4) is 0 Å². The molecule has 204 valence electrons. The molecule has 0 aliphatic carbocycles. The Morgan fingerprint density at radius 3 is 1.97 bits per heavy atom. The maximum atomic E-state index is 12.5. The van der Waals surface area contributed by atoms with Crippen LogP contribution >= 0.6 is 0 Å². The van der Waals surface area contributed by atoms with Gasteiger partial charge in [-0.05, 0) is 59.2 Å². The number of carbonyl (C=O) groups excluding carboxylic acids is 1. The Labute approximate surface area is 223 Å². The van der Waals surface area contributed by atoms with Gasteiger partial charge in [-0.2, -0.15) is 0 Å². The van der Waals surface area contributed by atoms with Crippen LogP contribution in [0.2, 0.25) is 0 Å². The molecular weight excluding hydrogens is 508 g/mol. The highest BCUT2D eigenvalue weighted by Crippen LogP contribution is 2.30. The summed E-state index contributed by atoms with van der Waals surface area (Å²) in [4.78, 5) is 12.5. The molecule has 3 aromatic rings. The number of ether oxygens (including phenoxy) is 3. The van der Waals surface area contributed by atoms with Crippen molar-refractivity contribution in [2.45, 2.75) is 30.7 Å². The fourth-order valence-electron chi connectivity index (χ4n) is 3.88. The SMILES string of the molecule is O=C(/C=C/c1ccc(O)cc1)O[C@@H]1[C@@H](Oc2cc(O)cc(/C=C/c3ccc(O)cc3)c2)O[C@@H](CO)[C@H](O)[C@H]1O. The molecule has 1 aliphatic heterocycles. The van der Waals surface area contributed by atoms with Gasteiger partial charge in [-0.15, -0.1) is 0 Å². The van der Waals surface area contributed by atoms with Crippen LogP contribution in [-0.2, 0) is 14.3 Å². The molecule has 10 nitrogen and oxygen atoms in total. The topological polar surface area (TPSA) is 166 Å². The van der Waals surface area contributed by atoms with Crippen molar-refractivity contribution >= 4 is 24.2 Å². The lowest BCUT2D eigenvalue weighted by molar-refractivity contribution is -0.281. The quantitative estimate of drug-likeness (QED) is 0.143. The van der Waals surface area contributed by atoms with E-state index < -0.39 is 43.3 Å². The molecular formula is C29H28O10. The van der Waals surface area contributed by atoms with E-state index in [9.17, 15) is 35.4 Å².